The fraction of sp³-hybridized carbons (Fsp3) is 0.487. The number of benzene rings is 5. The van der Waals surface area contributed by atoms with E-state index >= 15 is 28.8 Å². The molecule has 2 saturated heterocycles. The van der Waals surface area contributed by atoms with Crippen molar-refractivity contribution in [2.45, 2.75) is 183 Å². The van der Waals surface area contributed by atoms with Crippen LogP contribution in [0.2, 0.25) is 10.0 Å². The number of carbonyl (C=O) groups is 10. The number of ether oxygens (including phenoxy) is 6. The number of aromatic hydroxyl groups is 3. The number of fused-ring (bicyclic) bond motifs is 16. The fourth-order valence-electron chi connectivity index (χ4n) is 17.0. The number of aliphatic hydroxyl groups excluding tert-OH is 4. The van der Waals surface area contributed by atoms with Crippen LogP contribution in [0.1, 0.15) is 157 Å². The topological polar surface area (TPSA) is 457 Å². The number of phenolic OH excluding ortho intramolecular Hbond substituents is 3. The van der Waals surface area contributed by atoms with Crippen molar-refractivity contribution >= 4 is 82.3 Å². The molecule has 110 heavy (non-hydrogen) atoms. The van der Waals surface area contributed by atoms with Crippen LogP contribution in [0.25, 0.3) is 11.1 Å². The van der Waals surface area contributed by atoms with Crippen LogP contribution in [0, 0.1) is 41.4 Å². The lowest BCUT2D eigenvalue weighted by molar-refractivity contribution is -0.275. The number of nitrogens with one attached hydrogen (secondary N) is 5. The lowest BCUT2D eigenvalue weighted by atomic mass is 9.51. The van der Waals surface area contributed by atoms with Gasteiger partial charge in [0.2, 0.25) is 41.6 Å². The van der Waals surface area contributed by atoms with Gasteiger partial charge in [0.15, 0.2) is 35.0 Å². The molecule has 6 fully saturated rings. The first-order valence-electron chi connectivity index (χ1n) is 36.6. The van der Waals surface area contributed by atoms with Gasteiger partial charge in [-0.1, -0.05) is 55.2 Å². The lowest BCUT2D eigenvalue weighted by Gasteiger charge is -2.54. The second kappa shape index (κ2) is 31.2. The standard InChI is InChI=1S/C78H87Cl2N7O23/c1-31(2)13-48(87(6)77(104)110-78(3,4)5)73(101)85-63-51(91)22-40(25-59(81)94)71(99)83-61-39-23-56(105-54-11-8-35(65(63)95)20-46(54)79)69(108-75-68(98)67(97)70-58(107-75)30-82-76(103)109-70)57(24-39)106-55-12-9-36(21-47(55)80)66(96)64-74(102)84-62(53(93)28-42-37-15-32-14-33(17-37)18-38(42)16-32)45-26-41(88)27-50(90)60(45)44-19-34(7-10-49(44)89)43(29-52(61)92)72(100)86-64/h7-12,19-21,23-24,26-27,31-33,37-38,40,42-43,48,58,61-68,70,75,88-90,95-98H,13-18,22,25,28-30H2,1-6H3,(H2,81,94)(H,82,103)(H,83,99)(H,84,102)(H,85,101)(H,86,100)/t32?,33?,37?,38?,40-,42?,43+,48+,58+,61+,62-,63-,64-,65+,66+,67+,68+,70+,75-/m0/s1. The zero-order chi connectivity index (χ0) is 79.0. The van der Waals surface area contributed by atoms with Gasteiger partial charge in [0.25, 0.3) is 0 Å². The molecule has 4 saturated carbocycles. The second-order valence-corrected chi connectivity index (χ2v) is 32.4. The monoisotopic (exact) mass is 1560 g/mol. The van der Waals surface area contributed by atoms with Gasteiger partial charge in [-0.3, -0.25) is 43.3 Å². The highest BCUT2D eigenvalue weighted by Gasteiger charge is 2.53. The largest absolute Gasteiger partial charge is 0.508 e. The number of amides is 7. The Morgan fingerprint density at radius 2 is 1.32 bits per heavy atom. The molecular weight excluding hydrogens is 1470 g/mol. The molecule has 586 valence electrons. The van der Waals surface area contributed by atoms with Gasteiger partial charge in [0.05, 0.1) is 28.4 Å². The summed E-state index contributed by atoms with van der Waals surface area (Å²) in [6.07, 6.45) is -12.9. The maximum Gasteiger partial charge on any atom is 0.410 e. The van der Waals surface area contributed by atoms with E-state index in [1.54, 1.807) is 34.6 Å². The first-order valence-corrected chi connectivity index (χ1v) is 37.3. The Bertz CT molecular complexity index is 4520. The van der Waals surface area contributed by atoms with Crippen molar-refractivity contribution in [1.29, 1.82) is 0 Å². The van der Waals surface area contributed by atoms with Gasteiger partial charge in [0, 0.05) is 49.9 Å². The fourth-order valence-corrected chi connectivity index (χ4v) is 17.5. The molecule has 14 atom stereocenters. The van der Waals surface area contributed by atoms with Crippen molar-refractivity contribution < 1.29 is 112 Å². The summed E-state index contributed by atoms with van der Waals surface area (Å²) in [5, 5.41) is 96.5. The minimum absolute atomic E-state index is 0.0160. The van der Waals surface area contributed by atoms with E-state index in [4.69, 9.17) is 57.4 Å². The van der Waals surface area contributed by atoms with Crippen molar-refractivity contribution in [2.24, 2.45) is 47.2 Å². The molecule has 15 bridgehead atoms. The van der Waals surface area contributed by atoms with E-state index in [9.17, 15) is 54.9 Å². The van der Waals surface area contributed by atoms with E-state index in [1.165, 1.54) is 49.5 Å². The molecule has 0 aromatic heterocycles. The number of hydrogen-bond acceptors (Lipinski definition) is 23. The Morgan fingerprint density at radius 3 is 1.93 bits per heavy atom. The van der Waals surface area contributed by atoms with E-state index in [2.05, 4.69) is 26.6 Å². The summed E-state index contributed by atoms with van der Waals surface area (Å²) in [6, 6.07) is 5.74. The number of alkyl carbamates (subject to hydrolysis) is 1. The summed E-state index contributed by atoms with van der Waals surface area (Å²) in [6.45, 7) is 8.09. The average Bonchev–Trinajstić information content (AvgIpc) is 0.754. The van der Waals surface area contributed by atoms with Crippen LogP contribution in [-0.4, -0.2) is 168 Å². The molecule has 0 spiro atoms. The van der Waals surface area contributed by atoms with Crippen LogP contribution in [-0.2, 0) is 52.6 Å². The number of primary amides is 1. The number of nitrogens with two attached hydrogens (primary N) is 1. The minimum Gasteiger partial charge on any atom is -0.508 e. The Balaban J connectivity index is 0.986. The van der Waals surface area contributed by atoms with E-state index in [0.717, 1.165) is 73.4 Å². The van der Waals surface area contributed by atoms with Crippen molar-refractivity contribution in [3.8, 4) is 57.1 Å². The number of Topliss-reactive ketones (excluding diaryl/α,β-unsaturated/α-hetero) is 3. The molecule has 5 aromatic rings. The molecule has 16 rings (SSSR count). The lowest BCUT2D eigenvalue weighted by Crippen LogP contribution is -2.65. The summed E-state index contributed by atoms with van der Waals surface area (Å²) in [7, 11) is 1.30. The Morgan fingerprint density at radius 1 is 0.691 bits per heavy atom. The Hall–Kier alpha value is -9.82. The Kier molecular flexibility index (Phi) is 22.2. The van der Waals surface area contributed by atoms with Gasteiger partial charge < -0.3 is 96.5 Å². The van der Waals surface area contributed by atoms with Crippen molar-refractivity contribution in [2.75, 3.05) is 13.6 Å². The third kappa shape index (κ3) is 16.2. The van der Waals surface area contributed by atoms with E-state index < -0.39 is 203 Å². The predicted octanol–water partition coefficient (Wildman–Crippen LogP) is 7.19. The first kappa shape index (κ1) is 78.3. The molecule has 7 amide bonds. The average molecular weight is 1560 g/mol. The number of carbonyl (C=O) groups excluding carboxylic acids is 10. The predicted molar refractivity (Wildman–Crippen MR) is 388 cm³/mol. The molecule has 0 unspecified atom stereocenters. The molecule has 7 heterocycles. The number of phenols is 3. The van der Waals surface area contributed by atoms with Gasteiger partial charge in [-0.25, -0.2) is 9.59 Å². The summed E-state index contributed by atoms with van der Waals surface area (Å²) >= 11 is 14.3. The second-order valence-electron chi connectivity index (χ2n) is 31.5. The van der Waals surface area contributed by atoms with Crippen LogP contribution >= 0.6 is 23.2 Å². The van der Waals surface area contributed by atoms with Gasteiger partial charge >= 0.3 is 12.2 Å². The van der Waals surface area contributed by atoms with Crippen molar-refractivity contribution in [3.63, 3.8) is 0 Å². The van der Waals surface area contributed by atoms with Gasteiger partial charge in [-0.2, -0.15) is 0 Å². The van der Waals surface area contributed by atoms with Crippen molar-refractivity contribution in [3.05, 3.63) is 117 Å². The van der Waals surface area contributed by atoms with Crippen LogP contribution in [0.3, 0.4) is 0 Å². The van der Waals surface area contributed by atoms with Crippen LogP contribution in [0.15, 0.2) is 78.9 Å². The summed E-state index contributed by atoms with van der Waals surface area (Å²) in [5.74, 6) is -15.4. The molecule has 4 aliphatic carbocycles. The summed E-state index contributed by atoms with van der Waals surface area (Å²) < 4.78 is 36.9. The zero-order valence-corrected chi connectivity index (χ0v) is 62.3. The number of hydrogen-bond donors (Lipinski definition) is 13. The molecule has 0 radical (unpaired) electrons. The molecule has 32 heteroatoms. The van der Waals surface area contributed by atoms with Crippen LogP contribution < -0.4 is 46.5 Å². The third-order valence-electron chi connectivity index (χ3n) is 22.2. The number of halogens is 2. The molecule has 5 aromatic carbocycles. The highest BCUT2D eigenvalue weighted by atomic mass is 35.5. The molecular formula is C78H87Cl2N7O23. The number of ketones is 3. The third-order valence-corrected chi connectivity index (χ3v) is 22.8. The van der Waals surface area contributed by atoms with Gasteiger partial charge in [-0.05, 0) is 177 Å². The molecule has 11 aliphatic rings. The van der Waals surface area contributed by atoms with Crippen LogP contribution in [0.4, 0.5) is 9.59 Å². The number of nitrogens with zero attached hydrogens (tertiary/aromatic N) is 1. The quantitative estimate of drug-likeness (QED) is 0.0587. The maximum atomic E-state index is 16.4. The number of rotatable bonds is 12. The van der Waals surface area contributed by atoms with Crippen LogP contribution in [0.5, 0.6) is 46.0 Å². The number of likely N-dealkylation sites (N-methyl/N-ethyl adjacent to an activating group) is 1. The summed E-state index contributed by atoms with van der Waals surface area (Å²) in [5.41, 5.74) is 3.28. The smallest absolute Gasteiger partial charge is 0.410 e. The van der Waals surface area contributed by atoms with E-state index in [-0.39, 0.29) is 104 Å². The minimum atomic E-state index is -2.17. The molecule has 7 aliphatic heterocycles. The summed E-state index contributed by atoms with van der Waals surface area (Å²) in [4.78, 5) is 149. The molecule has 30 nitrogen and oxygen atoms in total. The highest BCUT2D eigenvalue weighted by Crippen LogP contribution is 2.58. The number of aliphatic hydroxyl groups is 4. The first-order chi connectivity index (χ1) is 52.0. The normalized spacial score (nSPS) is 29.5. The Labute approximate surface area is 640 Å². The maximum absolute atomic E-state index is 16.4. The SMILES string of the molecule is CC(C)C[C@H](C(=O)N[C@H]1C(=O)C[C@@H](CC(N)=O)C(=O)N[C@H]2C(=O)C[C@H]3C(=O)N[C@H](C(=O)N[C@H](C(=O)CC4C5CC6CC(C5)CC4C6)c4cc(O)cc(O)c4-c4cc3ccc4O)[C@H](O)c3ccc(c(Cl)c3)Oc3cc2cc(c3O[C@@H]2O[C@@H]3CNC(=O)O[C@H]3[C@H](O)[C@H]2O)Oc2ccc(cc2Cl)[C@H]1O)N(C)C(=O)OC(C)(C)C. The zero-order valence-electron chi connectivity index (χ0n) is 60.8. The van der Waals surface area contributed by atoms with E-state index in [1.807, 2.05) is 0 Å². The van der Waals surface area contributed by atoms with Crippen molar-refractivity contribution in [1.82, 2.24) is 31.5 Å². The molecule has 14 N–H and O–H groups in total. The van der Waals surface area contributed by atoms with E-state index in [0.29, 0.717) is 11.8 Å². The van der Waals surface area contributed by atoms with Gasteiger partial charge in [-0.15, -0.1) is 0 Å². The van der Waals surface area contributed by atoms with Gasteiger partial charge in [0.1, 0.15) is 95.1 Å². The highest BCUT2D eigenvalue weighted by molar-refractivity contribution is 6.32.